The molecule has 0 aromatic carbocycles. The van der Waals surface area contributed by atoms with E-state index in [0.29, 0.717) is 0 Å². The van der Waals surface area contributed by atoms with Gasteiger partial charge in [-0.15, -0.1) is 0 Å². The van der Waals surface area contributed by atoms with Crippen molar-refractivity contribution in [3.63, 3.8) is 0 Å². The Morgan fingerprint density at radius 2 is 0.778 bits per heavy atom. The van der Waals surface area contributed by atoms with Crippen LogP contribution in [0.25, 0.3) is 0 Å². The summed E-state index contributed by atoms with van der Waals surface area (Å²) in [5.74, 6) is -60.2. The van der Waals surface area contributed by atoms with Gasteiger partial charge in [-0.2, -0.15) is 61.5 Å². The third kappa shape index (κ3) is 7.79. The number of halogens is 20. The zero-order chi connectivity index (χ0) is 37.2. The second-order valence-electron chi connectivity index (χ2n) is 9.16. The predicted molar refractivity (Wildman–Crippen MR) is 112 cm³/mol. The maximum Gasteiger partial charge on any atom is 0.384 e. The van der Waals surface area contributed by atoms with Crippen LogP contribution < -0.4 is 0 Å². The number of quaternary nitrogens is 1. The van der Waals surface area contributed by atoms with Gasteiger partial charge >= 0.3 is 41.5 Å². The van der Waals surface area contributed by atoms with Gasteiger partial charge in [0.25, 0.3) is 11.9 Å². The van der Waals surface area contributed by atoms with Gasteiger partial charge < -0.3 is 9.04 Å². The highest BCUT2D eigenvalue weighted by Gasteiger charge is 2.94. The number of nitrogens with zero attached hydrogens (tertiary/aromatic N) is 1. The van der Waals surface area contributed by atoms with E-state index in [1.807, 2.05) is 0 Å². The van der Waals surface area contributed by atoms with Gasteiger partial charge in [0.1, 0.15) is 10.1 Å². The minimum absolute atomic E-state index is 1.28. The topological polar surface area (TPSA) is 57.2 Å². The van der Waals surface area contributed by atoms with Gasteiger partial charge in [-0.25, -0.2) is 34.8 Å². The van der Waals surface area contributed by atoms with Gasteiger partial charge in [-0.05, 0) is 27.7 Å². The van der Waals surface area contributed by atoms with E-state index in [-0.39, 0.29) is 0 Å². The first kappa shape index (κ1) is 45.6. The fourth-order valence-corrected chi connectivity index (χ4v) is 3.86. The molecule has 0 N–H and O–H groups in total. The SMILES string of the molecule is CC[N+](CC)(CC)CC.O=S(=O)([O-])C(F)C(F)(F)C(F)(F)C(F)(F)C(F)(F)C(F)(F)C(F)(F)C(F)(F)C(F)C(F)C(F)C(F)F. The second kappa shape index (κ2) is 14.3. The van der Waals surface area contributed by atoms with Gasteiger partial charge in [-0.3, -0.25) is 0 Å². The molecule has 4 nitrogen and oxygen atoms in total. The minimum atomic E-state index is -9.03. The third-order valence-electron chi connectivity index (χ3n) is 6.81. The second-order valence-corrected chi connectivity index (χ2v) is 10.6. The largest absolute Gasteiger partial charge is 0.746 e. The molecule has 0 spiro atoms. The fourth-order valence-electron chi connectivity index (χ4n) is 3.35. The van der Waals surface area contributed by atoms with E-state index >= 15 is 0 Å². The Balaban J connectivity index is 0. The Labute approximate surface area is 242 Å². The lowest BCUT2D eigenvalue weighted by Gasteiger charge is -2.43. The monoisotopic (exact) mass is 739 g/mol. The van der Waals surface area contributed by atoms with Gasteiger partial charge in [0.15, 0.2) is 12.3 Å². The standard InChI is InChI=1S/C12H6F20O3S.C8H20N/c13-1(2(14)4(16)17)3(15)6(19,20)8(23,24)10(27,28)12(31,32)11(29,30)9(25,26)7(21,22)5(18)36(33,34)35;1-5-9(6-2,7-3)8-4/h1-5H,(H,33,34,35);5-8H2,1-4H3/q;+1/p-1. The summed E-state index contributed by atoms with van der Waals surface area (Å²) in [5, 5.41) is 0. The molecule has 0 aliphatic carbocycles. The Morgan fingerprint density at radius 3 is 1.00 bits per heavy atom. The molecular formula is C20H25F20NO3S. The summed E-state index contributed by atoms with van der Waals surface area (Å²) in [5.41, 5.74) is -6.18. The summed E-state index contributed by atoms with van der Waals surface area (Å²) < 4.78 is 294. The predicted octanol–water partition coefficient (Wildman–Crippen LogP) is 7.44. The fraction of sp³-hybridized carbons (Fsp3) is 1.00. The first-order valence-corrected chi connectivity index (χ1v) is 13.3. The molecule has 0 amide bonds. The maximum atomic E-state index is 13.5. The summed E-state index contributed by atoms with van der Waals surface area (Å²) >= 11 is 0. The smallest absolute Gasteiger partial charge is 0.384 e. The molecule has 0 radical (unpaired) electrons. The number of alkyl halides is 20. The summed E-state index contributed by atoms with van der Waals surface area (Å²) in [6.45, 7) is 14.2. The molecule has 0 aliphatic rings. The highest BCUT2D eigenvalue weighted by molar-refractivity contribution is 7.86. The van der Waals surface area contributed by atoms with Crippen LogP contribution in [0.1, 0.15) is 27.7 Å². The van der Waals surface area contributed by atoms with Crippen LogP contribution in [-0.4, -0.2) is 116 Å². The van der Waals surface area contributed by atoms with Crippen LogP contribution in [0.5, 0.6) is 0 Å². The van der Waals surface area contributed by atoms with Crippen LogP contribution in [0.2, 0.25) is 0 Å². The van der Waals surface area contributed by atoms with E-state index in [1.165, 1.54) is 30.7 Å². The lowest BCUT2D eigenvalue weighted by Crippen LogP contribution is -2.75. The maximum absolute atomic E-state index is 13.5. The zero-order valence-electron chi connectivity index (χ0n) is 22.9. The van der Waals surface area contributed by atoms with Crippen molar-refractivity contribution in [3.05, 3.63) is 0 Å². The summed E-state index contributed by atoms with van der Waals surface area (Å²) in [6, 6.07) is 0. The number of hydrogen-bond acceptors (Lipinski definition) is 3. The molecule has 274 valence electrons. The Bertz CT molecular complexity index is 1030. The van der Waals surface area contributed by atoms with Crippen molar-refractivity contribution >= 4 is 10.1 Å². The molecule has 25 heteroatoms. The van der Waals surface area contributed by atoms with Crippen LogP contribution in [0.15, 0.2) is 0 Å². The van der Waals surface area contributed by atoms with Gasteiger partial charge in [0.2, 0.25) is 6.17 Å². The summed E-state index contributed by atoms with van der Waals surface area (Å²) in [4.78, 5) is 0. The lowest BCUT2D eigenvalue weighted by molar-refractivity contribution is -0.921. The molecule has 0 aromatic heterocycles. The van der Waals surface area contributed by atoms with Gasteiger partial charge in [0, 0.05) is 0 Å². The molecule has 0 rings (SSSR count). The van der Waals surface area contributed by atoms with Crippen molar-refractivity contribution in [2.75, 3.05) is 26.2 Å². The molecule has 0 bridgehead atoms. The normalized spacial score (nSPS) is 17.8. The van der Waals surface area contributed by atoms with Crippen LogP contribution in [-0.2, 0) is 10.1 Å². The van der Waals surface area contributed by atoms with E-state index in [0.717, 1.165) is 0 Å². The Kier molecular flexibility index (Phi) is 14.5. The molecular weight excluding hydrogens is 714 g/mol. The van der Waals surface area contributed by atoms with Crippen molar-refractivity contribution in [1.29, 1.82) is 0 Å². The first-order chi connectivity index (χ1) is 19.6. The average molecular weight is 739 g/mol. The first-order valence-electron chi connectivity index (χ1n) is 11.9. The third-order valence-corrected chi connectivity index (χ3v) is 7.61. The van der Waals surface area contributed by atoms with Crippen molar-refractivity contribution in [3.8, 4) is 0 Å². The van der Waals surface area contributed by atoms with Crippen LogP contribution in [0.3, 0.4) is 0 Å². The van der Waals surface area contributed by atoms with E-state index in [1.54, 1.807) is 0 Å². The van der Waals surface area contributed by atoms with Crippen molar-refractivity contribution in [2.24, 2.45) is 0 Å². The quantitative estimate of drug-likeness (QED) is 0.0941. The number of rotatable bonds is 16. The lowest BCUT2D eigenvalue weighted by atomic mass is 9.87. The Morgan fingerprint density at radius 1 is 0.511 bits per heavy atom. The van der Waals surface area contributed by atoms with E-state index in [9.17, 15) is 101 Å². The van der Waals surface area contributed by atoms with Crippen LogP contribution in [0, 0.1) is 0 Å². The Hall–Kier alpha value is -1.53. The van der Waals surface area contributed by atoms with Crippen molar-refractivity contribution < 1.29 is 105 Å². The summed E-state index contributed by atoms with van der Waals surface area (Å²) in [7, 11) is -7.54. The molecule has 45 heavy (non-hydrogen) atoms. The molecule has 0 aliphatic heterocycles. The summed E-state index contributed by atoms with van der Waals surface area (Å²) in [6.07, 6.45) is -21.1. The van der Waals surface area contributed by atoms with E-state index in [4.69, 9.17) is 0 Å². The van der Waals surface area contributed by atoms with Crippen LogP contribution >= 0.6 is 0 Å². The molecule has 0 heterocycles. The molecule has 4 atom stereocenters. The van der Waals surface area contributed by atoms with E-state index < -0.39 is 82.0 Å². The molecule has 0 saturated heterocycles. The number of hydrogen-bond donors (Lipinski definition) is 0. The highest BCUT2D eigenvalue weighted by Crippen LogP contribution is 2.63. The van der Waals surface area contributed by atoms with E-state index in [2.05, 4.69) is 27.7 Å². The highest BCUT2D eigenvalue weighted by atomic mass is 32.2. The van der Waals surface area contributed by atoms with Gasteiger partial charge in [-0.1, -0.05) is 0 Å². The molecule has 0 saturated carbocycles. The molecule has 0 fully saturated rings. The van der Waals surface area contributed by atoms with Crippen LogP contribution in [0.4, 0.5) is 87.8 Å². The molecule has 0 aromatic rings. The van der Waals surface area contributed by atoms with Gasteiger partial charge in [0.05, 0.1) is 26.2 Å². The van der Waals surface area contributed by atoms with Crippen molar-refractivity contribution in [1.82, 2.24) is 0 Å². The average Bonchev–Trinajstić information content (AvgIpc) is 2.91. The molecule has 4 unspecified atom stereocenters. The zero-order valence-corrected chi connectivity index (χ0v) is 23.7. The van der Waals surface area contributed by atoms with Crippen molar-refractivity contribution in [2.45, 2.75) is 99.6 Å². The minimum Gasteiger partial charge on any atom is -0.746 e.